The second-order valence-corrected chi connectivity index (χ2v) is 6.66. The van der Waals surface area contributed by atoms with Gasteiger partial charge in [-0.3, -0.25) is 9.59 Å². The van der Waals surface area contributed by atoms with E-state index in [0.29, 0.717) is 18.5 Å². The molecule has 0 saturated carbocycles. The van der Waals surface area contributed by atoms with E-state index in [1.165, 1.54) is 12.8 Å². The Morgan fingerprint density at radius 2 is 1.86 bits per heavy atom. The molecule has 3 rings (SSSR count). The highest BCUT2D eigenvalue weighted by Crippen LogP contribution is 2.24. The van der Waals surface area contributed by atoms with Crippen LogP contribution in [0.4, 0.5) is 0 Å². The van der Waals surface area contributed by atoms with E-state index in [1.807, 2.05) is 16.7 Å². The van der Waals surface area contributed by atoms with E-state index in [2.05, 4.69) is 5.32 Å². The van der Waals surface area contributed by atoms with Crippen molar-refractivity contribution < 1.29 is 9.59 Å². The maximum atomic E-state index is 12.9. The number of hydrogen-bond donors (Lipinski definition) is 1. The van der Waals surface area contributed by atoms with Crippen LogP contribution < -0.4 is 5.32 Å². The third-order valence-electron chi connectivity index (χ3n) is 5.25. The van der Waals surface area contributed by atoms with Crippen LogP contribution in [0.5, 0.6) is 0 Å². The van der Waals surface area contributed by atoms with Crippen LogP contribution >= 0.6 is 0 Å². The van der Waals surface area contributed by atoms with E-state index in [-0.39, 0.29) is 17.9 Å². The number of fused-ring (bicyclic) bond motifs is 2. The van der Waals surface area contributed by atoms with Crippen molar-refractivity contribution in [3.05, 3.63) is 0 Å². The zero-order chi connectivity index (χ0) is 14.8. The summed E-state index contributed by atoms with van der Waals surface area (Å²) < 4.78 is 0. The summed E-state index contributed by atoms with van der Waals surface area (Å²) in [6.07, 6.45) is 6.90. The van der Waals surface area contributed by atoms with Crippen molar-refractivity contribution in [2.45, 2.75) is 70.0 Å². The molecule has 3 unspecified atom stereocenters. The molecule has 3 fully saturated rings. The first-order valence-electron chi connectivity index (χ1n) is 8.53. The molecule has 118 valence electrons. The first kappa shape index (κ1) is 14.8. The van der Waals surface area contributed by atoms with Crippen LogP contribution in [0.1, 0.15) is 51.9 Å². The largest absolute Gasteiger partial charge is 0.339 e. The predicted octanol–water partition coefficient (Wildman–Crippen LogP) is 1.13. The van der Waals surface area contributed by atoms with Gasteiger partial charge in [0.15, 0.2) is 0 Å². The lowest BCUT2D eigenvalue weighted by Gasteiger charge is -2.38. The Labute approximate surface area is 127 Å². The molecule has 0 aromatic heterocycles. The zero-order valence-electron chi connectivity index (χ0n) is 13.0. The maximum Gasteiger partial charge on any atom is 0.245 e. The van der Waals surface area contributed by atoms with Gasteiger partial charge in [-0.25, -0.2) is 0 Å². The second kappa shape index (κ2) is 6.34. The van der Waals surface area contributed by atoms with Gasteiger partial charge < -0.3 is 15.1 Å². The fourth-order valence-electron chi connectivity index (χ4n) is 4.04. The lowest BCUT2D eigenvalue weighted by Crippen LogP contribution is -2.54. The predicted molar refractivity (Wildman–Crippen MR) is 80.8 cm³/mol. The van der Waals surface area contributed by atoms with Crippen LogP contribution in [0.15, 0.2) is 0 Å². The van der Waals surface area contributed by atoms with Crippen molar-refractivity contribution in [1.82, 2.24) is 15.1 Å². The van der Waals surface area contributed by atoms with Gasteiger partial charge in [-0.2, -0.15) is 0 Å². The van der Waals surface area contributed by atoms with Crippen LogP contribution in [-0.4, -0.2) is 59.4 Å². The molecule has 5 nitrogen and oxygen atoms in total. The van der Waals surface area contributed by atoms with Crippen molar-refractivity contribution in [2.75, 3.05) is 19.6 Å². The minimum atomic E-state index is -0.206. The van der Waals surface area contributed by atoms with Gasteiger partial charge in [0, 0.05) is 38.1 Å². The zero-order valence-corrected chi connectivity index (χ0v) is 13.0. The Kier molecular flexibility index (Phi) is 4.48. The maximum absolute atomic E-state index is 12.9. The summed E-state index contributed by atoms with van der Waals surface area (Å²) in [5.41, 5.74) is 0. The average molecular weight is 293 g/mol. The van der Waals surface area contributed by atoms with Crippen molar-refractivity contribution in [2.24, 2.45) is 0 Å². The molecular weight excluding hydrogens is 266 g/mol. The highest BCUT2D eigenvalue weighted by atomic mass is 16.2. The summed E-state index contributed by atoms with van der Waals surface area (Å²) in [5, 5.41) is 3.61. The quantitative estimate of drug-likeness (QED) is 0.830. The number of likely N-dealkylation sites (tertiary alicyclic amines) is 2. The number of nitrogens with zero attached hydrogens (tertiary/aromatic N) is 2. The molecule has 0 radical (unpaired) electrons. The molecule has 3 aliphatic rings. The number of hydrogen-bond acceptors (Lipinski definition) is 3. The molecule has 0 aromatic rings. The molecule has 2 amide bonds. The van der Waals surface area contributed by atoms with Crippen LogP contribution in [0.3, 0.4) is 0 Å². The Balaban J connectivity index is 1.68. The van der Waals surface area contributed by atoms with Crippen LogP contribution in [-0.2, 0) is 9.59 Å². The second-order valence-electron chi connectivity index (χ2n) is 6.66. The molecule has 2 bridgehead atoms. The van der Waals surface area contributed by atoms with E-state index < -0.39 is 0 Å². The summed E-state index contributed by atoms with van der Waals surface area (Å²) in [6.45, 7) is 4.30. The van der Waals surface area contributed by atoms with E-state index in [4.69, 9.17) is 0 Å². The van der Waals surface area contributed by atoms with Crippen LogP contribution in [0.2, 0.25) is 0 Å². The SMILES string of the molecule is CCC(=O)N1CCCCC1C(=O)N1CCC2CCC(C1)N2. The normalized spacial score (nSPS) is 32.9. The van der Waals surface area contributed by atoms with Gasteiger partial charge in [0.25, 0.3) is 0 Å². The van der Waals surface area contributed by atoms with Gasteiger partial charge in [0.05, 0.1) is 0 Å². The fraction of sp³-hybridized carbons (Fsp3) is 0.875. The summed E-state index contributed by atoms with van der Waals surface area (Å²) in [6, 6.07) is 0.843. The number of carbonyl (C=O) groups excluding carboxylic acids is 2. The molecule has 1 N–H and O–H groups in total. The lowest BCUT2D eigenvalue weighted by atomic mass is 9.99. The standard InChI is InChI=1S/C16H27N3O2/c1-2-15(20)19-9-4-3-5-14(19)16(21)18-10-8-12-6-7-13(11-18)17-12/h12-14,17H,2-11H2,1H3. The van der Waals surface area contributed by atoms with Gasteiger partial charge in [-0.05, 0) is 38.5 Å². The molecule has 3 aliphatic heterocycles. The minimum absolute atomic E-state index is 0.127. The summed E-state index contributed by atoms with van der Waals surface area (Å²) in [5.74, 6) is 0.313. The molecule has 0 spiro atoms. The highest BCUT2D eigenvalue weighted by Gasteiger charge is 2.37. The Morgan fingerprint density at radius 3 is 2.67 bits per heavy atom. The highest BCUT2D eigenvalue weighted by molar-refractivity contribution is 5.88. The molecule has 3 saturated heterocycles. The Hall–Kier alpha value is -1.10. The number of nitrogens with one attached hydrogen (secondary N) is 1. The van der Waals surface area contributed by atoms with Gasteiger partial charge in [0.2, 0.25) is 11.8 Å². The molecular formula is C16H27N3O2. The smallest absolute Gasteiger partial charge is 0.245 e. The Bertz CT molecular complexity index is 412. The third kappa shape index (κ3) is 3.07. The van der Waals surface area contributed by atoms with E-state index in [0.717, 1.165) is 45.3 Å². The van der Waals surface area contributed by atoms with E-state index >= 15 is 0 Å². The van der Waals surface area contributed by atoms with E-state index in [9.17, 15) is 9.59 Å². The molecule has 0 aromatic carbocycles. The number of rotatable bonds is 2. The first-order chi connectivity index (χ1) is 10.2. The van der Waals surface area contributed by atoms with E-state index in [1.54, 1.807) is 0 Å². The van der Waals surface area contributed by atoms with Gasteiger partial charge >= 0.3 is 0 Å². The van der Waals surface area contributed by atoms with Crippen LogP contribution in [0, 0.1) is 0 Å². The van der Waals surface area contributed by atoms with Gasteiger partial charge in [-0.1, -0.05) is 6.92 Å². The van der Waals surface area contributed by atoms with Gasteiger partial charge in [0.1, 0.15) is 6.04 Å². The van der Waals surface area contributed by atoms with Crippen molar-refractivity contribution in [1.29, 1.82) is 0 Å². The lowest BCUT2D eigenvalue weighted by molar-refractivity contribution is -0.147. The fourth-order valence-corrected chi connectivity index (χ4v) is 4.04. The number of amides is 2. The first-order valence-corrected chi connectivity index (χ1v) is 8.53. The minimum Gasteiger partial charge on any atom is -0.339 e. The van der Waals surface area contributed by atoms with Gasteiger partial charge in [-0.15, -0.1) is 0 Å². The Morgan fingerprint density at radius 1 is 1.05 bits per heavy atom. The summed E-state index contributed by atoms with van der Waals surface area (Å²) in [7, 11) is 0. The van der Waals surface area contributed by atoms with Crippen molar-refractivity contribution in [3.63, 3.8) is 0 Å². The average Bonchev–Trinajstić information content (AvgIpc) is 2.85. The number of piperidine rings is 1. The summed E-state index contributed by atoms with van der Waals surface area (Å²) >= 11 is 0. The molecule has 5 heteroatoms. The topological polar surface area (TPSA) is 52.7 Å². The summed E-state index contributed by atoms with van der Waals surface area (Å²) in [4.78, 5) is 28.9. The molecule has 0 aliphatic carbocycles. The van der Waals surface area contributed by atoms with Crippen molar-refractivity contribution >= 4 is 11.8 Å². The van der Waals surface area contributed by atoms with Crippen LogP contribution in [0.25, 0.3) is 0 Å². The molecule has 21 heavy (non-hydrogen) atoms. The molecule has 3 atom stereocenters. The monoisotopic (exact) mass is 293 g/mol. The molecule has 3 heterocycles. The number of carbonyl (C=O) groups is 2. The van der Waals surface area contributed by atoms with Crippen molar-refractivity contribution in [3.8, 4) is 0 Å². The third-order valence-corrected chi connectivity index (χ3v) is 5.25.